The summed E-state index contributed by atoms with van der Waals surface area (Å²) in [5, 5.41) is 11.9. The molecule has 192 valence electrons. The highest BCUT2D eigenvalue weighted by atomic mass is 19.3. The number of rotatable bonds is 10. The summed E-state index contributed by atoms with van der Waals surface area (Å²) >= 11 is 0. The van der Waals surface area contributed by atoms with Crippen molar-refractivity contribution in [2.24, 2.45) is 11.0 Å². The highest BCUT2D eigenvalue weighted by Gasteiger charge is 2.28. The van der Waals surface area contributed by atoms with E-state index in [0.29, 0.717) is 42.4 Å². The van der Waals surface area contributed by atoms with Crippen molar-refractivity contribution in [3.05, 3.63) is 48.0 Å². The number of piperidine rings is 1. The average molecular weight is 501 g/mol. The fourth-order valence-electron chi connectivity index (χ4n) is 3.97. The standard InChI is InChI=1S/C26H30F2N4O4/c1-17(33)30-20-5-4-6-21(14-20)31-25(34)22-7-2-3-12-32(22)29-15-19-10-11-23(36-26(27)28)24(13-19)35-16-18-8-9-18/h4-6,10-11,13-15,18,22,26H,2-3,7-9,12,16H2,1H3,(H,30,33)(H,31,34)/b29-15+. The third-order valence-electron chi connectivity index (χ3n) is 5.94. The molecule has 2 aromatic rings. The van der Waals surface area contributed by atoms with Crippen LogP contribution in [-0.4, -0.2) is 48.8 Å². The van der Waals surface area contributed by atoms with Crippen LogP contribution in [0.2, 0.25) is 0 Å². The second-order valence-corrected chi connectivity index (χ2v) is 9.01. The van der Waals surface area contributed by atoms with Gasteiger partial charge >= 0.3 is 6.61 Å². The van der Waals surface area contributed by atoms with E-state index in [-0.39, 0.29) is 23.3 Å². The number of hydrazone groups is 1. The van der Waals surface area contributed by atoms with E-state index in [0.717, 1.165) is 25.7 Å². The van der Waals surface area contributed by atoms with Crippen LogP contribution in [0.1, 0.15) is 44.6 Å². The molecule has 1 aliphatic carbocycles. The molecule has 1 atom stereocenters. The molecule has 1 saturated heterocycles. The van der Waals surface area contributed by atoms with Crippen LogP contribution in [0.15, 0.2) is 47.6 Å². The number of hydrogen-bond acceptors (Lipinski definition) is 6. The van der Waals surface area contributed by atoms with E-state index in [2.05, 4.69) is 20.5 Å². The predicted octanol–water partition coefficient (Wildman–Crippen LogP) is 4.86. The van der Waals surface area contributed by atoms with Gasteiger partial charge in [0.1, 0.15) is 6.04 Å². The number of anilines is 2. The lowest BCUT2D eigenvalue weighted by atomic mass is 10.0. The lowest BCUT2D eigenvalue weighted by Crippen LogP contribution is -2.44. The van der Waals surface area contributed by atoms with Crippen molar-refractivity contribution >= 4 is 29.4 Å². The maximum Gasteiger partial charge on any atom is 0.387 e. The van der Waals surface area contributed by atoms with Gasteiger partial charge in [-0.1, -0.05) is 6.07 Å². The van der Waals surface area contributed by atoms with Crippen molar-refractivity contribution in [2.75, 3.05) is 23.8 Å². The van der Waals surface area contributed by atoms with Crippen LogP contribution in [0.5, 0.6) is 11.5 Å². The molecular formula is C26H30F2N4O4. The first-order valence-corrected chi connectivity index (χ1v) is 12.1. The van der Waals surface area contributed by atoms with Crippen molar-refractivity contribution < 1.29 is 27.8 Å². The first kappa shape index (κ1) is 25.4. The molecule has 1 heterocycles. The Morgan fingerprint density at radius 2 is 1.86 bits per heavy atom. The van der Waals surface area contributed by atoms with Crippen LogP contribution in [0.4, 0.5) is 20.2 Å². The number of carbonyl (C=O) groups excluding carboxylic acids is 2. The molecule has 0 spiro atoms. The molecule has 4 rings (SSSR count). The summed E-state index contributed by atoms with van der Waals surface area (Å²) in [7, 11) is 0. The van der Waals surface area contributed by atoms with E-state index in [9.17, 15) is 18.4 Å². The number of ether oxygens (including phenoxy) is 2. The summed E-state index contributed by atoms with van der Waals surface area (Å²) < 4.78 is 35.9. The molecule has 1 unspecified atom stereocenters. The SMILES string of the molecule is CC(=O)Nc1cccc(NC(=O)C2CCCCN2/N=C/c2ccc(OC(F)F)c(OCC3CC3)c2)c1. The Bertz CT molecular complexity index is 1110. The van der Waals surface area contributed by atoms with E-state index < -0.39 is 12.7 Å². The number of amides is 2. The maximum absolute atomic E-state index is 13.1. The maximum atomic E-state index is 13.1. The summed E-state index contributed by atoms with van der Waals surface area (Å²) in [6.45, 7) is -0.458. The van der Waals surface area contributed by atoms with Crippen LogP contribution >= 0.6 is 0 Å². The lowest BCUT2D eigenvalue weighted by molar-refractivity contribution is -0.122. The van der Waals surface area contributed by atoms with Crippen molar-refractivity contribution in [2.45, 2.75) is 51.7 Å². The van der Waals surface area contributed by atoms with E-state index in [1.165, 1.54) is 13.0 Å². The summed E-state index contributed by atoms with van der Waals surface area (Å²) in [6, 6.07) is 11.2. The molecule has 8 nitrogen and oxygen atoms in total. The van der Waals surface area contributed by atoms with E-state index >= 15 is 0 Å². The number of alkyl halides is 2. The van der Waals surface area contributed by atoms with Gasteiger partial charge in [0.15, 0.2) is 11.5 Å². The van der Waals surface area contributed by atoms with Crippen molar-refractivity contribution in [1.82, 2.24) is 5.01 Å². The van der Waals surface area contributed by atoms with Crippen LogP contribution < -0.4 is 20.1 Å². The number of nitrogens with one attached hydrogen (secondary N) is 2. The Hall–Kier alpha value is -3.69. The smallest absolute Gasteiger partial charge is 0.387 e. The lowest BCUT2D eigenvalue weighted by Gasteiger charge is -2.32. The van der Waals surface area contributed by atoms with Gasteiger partial charge in [-0.2, -0.15) is 13.9 Å². The second kappa shape index (κ2) is 11.8. The van der Waals surface area contributed by atoms with Crippen LogP contribution in [0, 0.1) is 5.92 Å². The molecular weight excluding hydrogens is 470 g/mol. The minimum atomic E-state index is -2.95. The molecule has 10 heteroatoms. The van der Waals surface area contributed by atoms with Gasteiger partial charge in [0.2, 0.25) is 11.8 Å². The van der Waals surface area contributed by atoms with Gasteiger partial charge in [-0.3, -0.25) is 14.6 Å². The zero-order chi connectivity index (χ0) is 25.5. The van der Waals surface area contributed by atoms with E-state index in [1.807, 2.05) is 0 Å². The zero-order valence-corrected chi connectivity index (χ0v) is 20.1. The molecule has 0 radical (unpaired) electrons. The molecule has 2 aromatic carbocycles. The first-order chi connectivity index (χ1) is 17.4. The Morgan fingerprint density at radius 1 is 1.08 bits per heavy atom. The van der Waals surface area contributed by atoms with Gasteiger partial charge in [0.25, 0.3) is 0 Å². The van der Waals surface area contributed by atoms with Crippen LogP contribution in [-0.2, 0) is 9.59 Å². The molecule has 1 aliphatic heterocycles. The van der Waals surface area contributed by atoms with Crippen molar-refractivity contribution in [1.29, 1.82) is 0 Å². The van der Waals surface area contributed by atoms with E-state index in [4.69, 9.17) is 4.74 Å². The zero-order valence-electron chi connectivity index (χ0n) is 20.1. The van der Waals surface area contributed by atoms with Gasteiger partial charge in [-0.05, 0) is 80.0 Å². The van der Waals surface area contributed by atoms with Crippen LogP contribution in [0.3, 0.4) is 0 Å². The van der Waals surface area contributed by atoms with Gasteiger partial charge < -0.3 is 20.1 Å². The number of hydrogen-bond donors (Lipinski definition) is 2. The molecule has 36 heavy (non-hydrogen) atoms. The monoisotopic (exact) mass is 500 g/mol. The topological polar surface area (TPSA) is 92.3 Å². The van der Waals surface area contributed by atoms with E-state index in [1.54, 1.807) is 47.6 Å². The fourth-order valence-corrected chi connectivity index (χ4v) is 3.97. The Kier molecular flexibility index (Phi) is 8.35. The minimum Gasteiger partial charge on any atom is -0.489 e. The summed E-state index contributed by atoms with van der Waals surface area (Å²) in [4.78, 5) is 24.4. The normalized spacial score (nSPS) is 17.8. The first-order valence-electron chi connectivity index (χ1n) is 12.1. The molecule has 0 aromatic heterocycles. The highest BCUT2D eigenvalue weighted by molar-refractivity contribution is 5.96. The number of carbonyl (C=O) groups is 2. The van der Waals surface area contributed by atoms with Gasteiger partial charge in [0, 0.05) is 24.8 Å². The summed E-state index contributed by atoms with van der Waals surface area (Å²) in [6.07, 6.45) is 6.18. The minimum absolute atomic E-state index is 0.0143. The van der Waals surface area contributed by atoms with Gasteiger partial charge in [0.05, 0.1) is 12.8 Å². The fraction of sp³-hybridized carbons (Fsp3) is 0.423. The summed E-state index contributed by atoms with van der Waals surface area (Å²) in [5.74, 6) is 0.299. The number of benzene rings is 2. The van der Waals surface area contributed by atoms with Crippen molar-refractivity contribution in [3.63, 3.8) is 0 Å². The summed E-state index contributed by atoms with van der Waals surface area (Å²) in [5.41, 5.74) is 1.82. The highest BCUT2D eigenvalue weighted by Crippen LogP contribution is 2.34. The molecule has 2 N–H and O–H groups in total. The van der Waals surface area contributed by atoms with Crippen molar-refractivity contribution in [3.8, 4) is 11.5 Å². The third kappa shape index (κ3) is 7.40. The molecule has 2 aliphatic rings. The Labute approximate surface area is 208 Å². The quantitative estimate of drug-likeness (QED) is 0.455. The number of halogens is 2. The van der Waals surface area contributed by atoms with Crippen LogP contribution in [0.25, 0.3) is 0 Å². The van der Waals surface area contributed by atoms with Gasteiger partial charge in [-0.25, -0.2) is 0 Å². The Morgan fingerprint density at radius 3 is 2.58 bits per heavy atom. The molecule has 0 bridgehead atoms. The molecule has 1 saturated carbocycles. The molecule has 2 amide bonds. The average Bonchev–Trinajstić information content (AvgIpc) is 3.67. The molecule has 2 fully saturated rings. The number of nitrogens with zero attached hydrogens (tertiary/aromatic N) is 2. The van der Waals surface area contributed by atoms with Gasteiger partial charge in [-0.15, -0.1) is 0 Å². The predicted molar refractivity (Wildman–Crippen MR) is 133 cm³/mol. The Balaban J connectivity index is 1.44. The largest absolute Gasteiger partial charge is 0.489 e. The second-order valence-electron chi connectivity index (χ2n) is 9.01. The third-order valence-corrected chi connectivity index (χ3v) is 5.94.